The Bertz CT molecular complexity index is 306. The number of rotatable bonds is 7. The molecule has 0 aliphatic heterocycles. The first-order valence-corrected chi connectivity index (χ1v) is 6.07. The number of aromatic nitrogens is 1. The molecule has 1 heterocycles. The van der Waals surface area contributed by atoms with Crippen molar-refractivity contribution in [3.8, 4) is 0 Å². The van der Waals surface area contributed by atoms with Crippen molar-refractivity contribution < 1.29 is 0 Å². The highest BCUT2D eigenvalue weighted by Crippen LogP contribution is 2.21. The summed E-state index contributed by atoms with van der Waals surface area (Å²) in [6.45, 7) is 9.48. The van der Waals surface area contributed by atoms with Crippen molar-refractivity contribution in [3.63, 3.8) is 0 Å². The predicted molar refractivity (Wildman–Crippen MR) is 69.3 cm³/mol. The molecule has 0 aromatic carbocycles. The molecule has 1 atom stereocenters. The van der Waals surface area contributed by atoms with Crippen LogP contribution in [0.4, 0.5) is 0 Å². The van der Waals surface area contributed by atoms with E-state index in [1.54, 1.807) is 0 Å². The van der Waals surface area contributed by atoms with Crippen molar-refractivity contribution in [3.05, 3.63) is 42.2 Å². The highest BCUT2D eigenvalue weighted by molar-refractivity contribution is 5.17. The molecule has 1 unspecified atom stereocenters. The van der Waals surface area contributed by atoms with Gasteiger partial charge in [-0.3, -0.25) is 4.98 Å². The summed E-state index contributed by atoms with van der Waals surface area (Å²) < 4.78 is 0. The average molecular weight is 218 g/mol. The molecule has 0 fully saturated rings. The van der Waals surface area contributed by atoms with Crippen LogP contribution >= 0.6 is 0 Å². The monoisotopic (exact) mass is 218 g/mol. The van der Waals surface area contributed by atoms with Crippen molar-refractivity contribution in [2.24, 2.45) is 0 Å². The van der Waals surface area contributed by atoms with Crippen LogP contribution in [0.15, 0.2) is 36.7 Å². The standard InChI is InChI=1S/C14H22N2/c1-4-8-16-14(11-12(3)5-2)13-6-9-15-10-7-13/h6-7,9-10,14,16H,3-5,8,11H2,1-2H3. The molecule has 0 bridgehead atoms. The van der Waals surface area contributed by atoms with E-state index in [0.29, 0.717) is 6.04 Å². The van der Waals surface area contributed by atoms with E-state index < -0.39 is 0 Å². The molecule has 16 heavy (non-hydrogen) atoms. The fourth-order valence-electron chi connectivity index (χ4n) is 1.66. The van der Waals surface area contributed by atoms with Gasteiger partial charge in [0.25, 0.3) is 0 Å². The summed E-state index contributed by atoms with van der Waals surface area (Å²) in [5.74, 6) is 0. The molecule has 0 amide bonds. The number of hydrogen-bond acceptors (Lipinski definition) is 2. The maximum Gasteiger partial charge on any atom is 0.0358 e. The number of pyridine rings is 1. The Morgan fingerprint density at radius 2 is 2.06 bits per heavy atom. The van der Waals surface area contributed by atoms with Crippen molar-refractivity contribution in [2.45, 2.75) is 39.2 Å². The summed E-state index contributed by atoms with van der Waals surface area (Å²) in [5.41, 5.74) is 2.60. The highest BCUT2D eigenvalue weighted by atomic mass is 14.9. The van der Waals surface area contributed by atoms with Crippen LogP contribution in [0, 0.1) is 0 Å². The van der Waals surface area contributed by atoms with Crippen molar-refractivity contribution in [1.29, 1.82) is 0 Å². The molecule has 0 aliphatic carbocycles. The van der Waals surface area contributed by atoms with Crippen molar-refractivity contribution >= 4 is 0 Å². The Morgan fingerprint density at radius 3 is 2.62 bits per heavy atom. The Hall–Kier alpha value is -1.15. The summed E-state index contributed by atoms with van der Waals surface area (Å²) in [6, 6.07) is 4.54. The molecular weight excluding hydrogens is 196 g/mol. The van der Waals surface area contributed by atoms with Crippen LogP contribution in [-0.2, 0) is 0 Å². The van der Waals surface area contributed by atoms with E-state index in [-0.39, 0.29) is 0 Å². The normalized spacial score (nSPS) is 12.4. The molecule has 1 rings (SSSR count). The lowest BCUT2D eigenvalue weighted by molar-refractivity contribution is 0.523. The zero-order valence-corrected chi connectivity index (χ0v) is 10.4. The zero-order valence-electron chi connectivity index (χ0n) is 10.4. The van der Waals surface area contributed by atoms with Crippen LogP contribution in [0.1, 0.15) is 44.7 Å². The zero-order chi connectivity index (χ0) is 11.8. The second-order valence-corrected chi connectivity index (χ2v) is 4.09. The van der Waals surface area contributed by atoms with E-state index in [1.807, 2.05) is 12.4 Å². The minimum Gasteiger partial charge on any atom is -0.310 e. The second kappa shape index (κ2) is 7.18. The first-order valence-electron chi connectivity index (χ1n) is 6.07. The van der Waals surface area contributed by atoms with Gasteiger partial charge in [0.15, 0.2) is 0 Å². The van der Waals surface area contributed by atoms with Gasteiger partial charge in [-0.2, -0.15) is 0 Å². The third kappa shape index (κ3) is 4.15. The van der Waals surface area contributed by atoms with Gasteiger partial charge in [-0.1, -0.05) is 26.0 Å². The lowest BCUT2D eigenvalue weighted by Gasteiger charge is -2.19. The van der Waals surface area contributed by atoms with Gasteiger partial charge in [-0.05, 0) is 43.5 Å². The number of nitrogens with one attached hydrogen (secondary N) is 1. The topological polar surface area (TPSA) is 24.9 Å². The average Bonchev–Trinajstić information content (AvgIpc) is 2.35. The lowest BCUT2D eigenvalue weighted by atomic mass is 9.99. The largest absolute Gasteiger partial charge is 0.310 e. The molecule has 1 N–H and O–H groups in total. The Morgan fingerprint density at radius 1 is 1.38 bits per heavy atom. The van der Waals surface area contributed by atoms with Crippen molar-refractivity contribution in [1.82, 2.24) is 10.3 Å². The van der Waals surface area contributed by atoms with Crippen LogP contribution < -0.4 is 5.32 Å². The fraction of sp³-hybridized carbons (Fsp3) is 0.500. The Labute approximate surface area is 98.8 Å². The van der Waals surface area contributed by atoms with Crippen LogP contribution in [0.25, 0.3) is 0 Å². The lowest BCUT2D eigenvalue weighted by Crippen LogP contribution is -2.22. The SMILES string of the molecule is C=C(CC)CC(NCCC)c1ccncc1. The summed E-state index contributed by atoms with van der Waals surface area (Å²) in [5, 5.41) is 3.56. The van der Waals surface area contributed by atoms with E-state index in [1.165, 1.54) is 11.1 Å². The number of nitrogens with zero attached hydrogens (tertiary/aromatic N) is 1. The van der Waals surface area contributed by atoms with Gasteiger partial charge >= 0.3 is 0 Å². The molecule has 1 aromatic rings. The van der Waals surface area contributed by atoms with E-state index in [2.05, 4.69) is 42.9 Å². The van der Waals surface area contributed by atoms with Crippen LogP contribution in [-0.4, -0.2) is 11.5 Å². The number of hydrogen-bond donors (Lipinski definition) is 1. The molecule has 1 aromatic heterocycles. The maximum absolute atomic E-state index is 4.09. The smallest absolute Gasteiger partial charge is 0.0358 e. The molecule has 2 nitrogen and oxygen atoms in total. The van der Waals surface area contributed by atoms with Crippen LogP contribution in [0.3, 0.4) is 0 Å². The second-order valence-electron chi connectivity index (χ2n) is 4.09. The van der Waals surface area contributed by atoms with Gasteiger partial charge in [0.2, 0.25) is 0 Å². The quantitative estimate of drug-likeness (QED) is 0.709. The molecule has 0 radical (unpaired) electrons. The highest BCUT2D eigenvalue weighted by Gasteiger charge is 2.10. The minimum absolute atomic E-state index is 0.385. The third-order valence-electron chi connectivity index (χ3n) is 2.74. The Kier molecular flexibility index (Phi) is 5.79. The summed E-state index contributed by atoms with van der Waals surface area (Å²) >= 11 is 0. The molecule has 88 valence electrons. The fourth-order valence-corrected chi connectivity index (χ4v) is 1.66. The molecule has 0 aliphatic rings. The Balaban J connectivity index is 2.67. The predicted octanol–water partition coefficient (Wildman–Crippen LogP) is 3.48. The van der Waals surface area contributed by atoms with Gasteiger partial charge in [0.1, 0.15) is 0 Å². The maximum atomic E-state index is 4.09. The molecule has 0 spiro atoms. The van der Waals surface area contributed by atoms with E-state index in [0.717, 1.165) is 25.8 Å². The summed E-state index contributed by atoms with van der Waals surface area (Å²) in [6.07, 6.45) is 6.92. The summed E-state index contributed by atoms with van der Waals surface area (Å²) in [4.78, 5) is 4.06. The van der Waals surface area contributed by atoms with Crippen LogP contribution in [0.5, 0.6) is 0 Å². The van der Waals surface area contributed by atoms with E-state index >= 15 is 0 Å². The van der Waals surface area contributed by atoms with E-state index in [9.17, 15) is 0 Å². The van der Waals surface area contributed by atoms with Gasteiger partial charge in [-0.15, -0.1) is 0 Å². The third-order valence-corrected chi connectivity index (χ3v) is 2.74. The first-order chi connectivity index (χ1) is 7.77. The minimum atomic E-state index is 0.385. The summed E-state index contributed by atoms with van der Waals surface area (Å²) in [7, 11) is 0. The van der Waals surface area contributed by atoms with Crippen molar-refractivity contribution in [2.75, 3.05) is 6.54 Å². The molecule has 0 saturated heterocycles. The molecule has 2 heteroatoms. The molecular formula is C14H22N2. The van der Waals surface area contributed by atoms with Gasteiger partial charge in [0, 0.05) is 18.4 Å². The van der Waals surface area contributed by atoms with Gasteiger partial charge < -0.3 is 5.32 Å². The van der Waals surface area contributed by atoms with Gasteiger partial charge in [-0.25, -0.2) is 0 Å². The van der Waals surface area contributed by atoms with Gasteiger partial charge in [0.05, 0.1) is 0 Å². The van der Waals surface area contributed by atoms with Crippen LogP contribution in [0.2, 0.25) is 0 Å². The van der Waals surface area contributed by atoms with E-state index in [4.69, 9.17) is 0 Å². The molecule has 0 saturated carbocycles. The first kappa shape index (κ1) is 12.9.